The molecule has 2 aromatic carbocycles. The third kappa shape index (κ3) is 3.52. The van der Waals surface area contributed by atoms with Crippen LogP contribution < -0.4 is 9.47 Å². The Morgan fingerprint density at radius 1 is 1.19 bits per heavy atom. The zero-order chi connectivity index (χ0) is 19.1. The van der Waals surface area contributed by atoms with E-state index in [-0.39, 0.29) is 17.5 Å². The first kappa shape index (κ1) is 17.9. The Labute approximate surface area is 151 Å². The van der Waals surface area contributed by atoms with Crippen LogP contribution >= 0.6 is 0 Å². The van der Waals surface area contributed by atoms with Gasteiger partial charge in [-0.1, -0.05) is 12.1 Å². The Morgan fingerprint density at radius 3 is 2.58 bits per heavy atom. The van der Waals surface area contributed by atoms with Crippen LogP contribution in [-0.2, 0) is 4.79 Å². The van der Waals surface area contributed by atoms with Crippen molar-refractivity contribution in [1.82, 2.24) is 0 Å². The lowest BCUT2D eigenvalue weighted by atomic mass is 9.97. The summed E-state index contributed by atoms with van der Waals surface area (Å²) in [5.41, 5.74) is 0.944. The number of rotatable bonds is 2. The molecule has 0 atom stereocenters. The van der Waals surface area contributed by atoms with Crippen molar-refractivity contribution in [3.63, 3.8) is 0 Å². The molecule has 0 unspecified atom stereocenters. The maximum atomic E-state index is 13.3. The Morgan fingerprint density at radius 2 is 1.92 bits per heavy atom. The molecule has 0 aliphatic carbocycles. The Balaban J connectivity index is 1.92. The van der Waals surface area contributed by atoms with Gasteiger partial charge in [-0.2, -0.15) is 0 Å². The molecular weight excluding hydrogens is 335 g/mol. The summed E-state index contributed by atoms with van der Waals surface area (Å²) in [6.45, 7) is 7.03. The number of fused-ring (bicyclic) bond motifs is 1. The zero-order valence-corrected chi connectivity index (χ0v) is 15.1. The van der Waals surface area contributed by atoms with Gasteiger partial charge in [0, 0.05) is 6.07 Å². The largest absolute Gasteiger partial charge is 0.452 e. The molecule has 134 valence electrons. The third-order valence-electron chi connectivity index (χ3n) is 3.91. The number of carbonyl (C=O) groups is 2. The first-order valence-corrected chi connectivity index (χ1v) is 8.22. The van der Waals surface area contributed by atoms with Crippen LogP contribution in [0.2, 0.25) is 0 Å². The van der Waals surface area contributed by atoms with E-state index in [0.717, 1.165) is 0 Å². The summed E-state index contributed by atoms with van der Waals surface area (Å²) < 4.78 is 24.4. The number of allylic oxidation sites excluding steroid dienone is 1. The molecule has 0 radical (unpaired) electrons. The molecule has 2 aromatic rings. The van der Waals surface area contributed by atoms with E-state index in [4.69, 9.17) is 9.47 Å². The smallest absolute Gasteiger partial charge is 0.316 e. The van der Waals surface area contributed by atoms with E-state index in [1.54, 1.807) is 45.9 Å². The number of benzene rings is 2. The molecule has 0 spiro atoms. The van der Waals surface area contributed by atoms with Gasteiger partial charge in [-0.25, -0.2) is 4.39 Å². The van der Waals surface area contributed by atoms with Crippen LogP contribution in [-0.4, -0.2) is 11.8 Å². The van der Waals surface area contributed by atoms with Crippen molar-refractivity contribution in [3.8, 4) is 11.5 Å². The number of carbonyl (C=O) groups excluding carboxylic acids is 2. The second-order valence-electron chi connectivity index (χ2n) is 7.25. The molecule has 26 heavy (non-hydrogen) atoms. The second kappa shape index (κ2) is 6.41. The predicted octanol–water partition coefficient (Wildman–Crippen LogP) is 4.70. The molecule has 0 amide bonds. The summed E-state index contributed by atoms with van der Waals surface area (Å²) in [4.78, 5) is 24.7. The minimum absolute atomic E-state index is 0.105. The van der Waals surface area contributed by atoms with Gasteiger partial charge in [0.15, 0.2) is 5.76 Å². The molecule has 0 bridgehead atoms. The van der Waals surface area contributed by atoms with Crippen molar-refractivity contribution in [3.05, 3.63) is 64.7 Å². The summed E-state index contributed by atoms with van der Waals surface area (Å²) in [5.74, 6) is -0.301. The molecule has 0 saturated heterocycles. The van der Waals surface area contributed by atoms with Crippen molar-refractivity contribution in [2.24, 2.45) is 5.41 Å². The van der Waals surface area contributed by atoms with Crippen LogP contribution in [0.1, 0.15) is 42.3 Å². The van der Waals surface area contributed by atoms with Gasteiger partial charge >= 0.3 is 5.97 Å². The Kier molecular flexibility index (Phi) is 4.40. The van der Waals surface area contributed by atoms with Crippen LogP contribution in [0, 0.1) is 18.2 Å². The second-order valence-corrected chi connectivity index (χ2v) is 7.25. The fraction of sp³-hybridized carbons (Fsp3) is 0.238. The summed E-state index contributed by atoms with van der Waals surface area (Å²) in [7, 11) is 0. The van der Waals surface area contributed by atoms with E-state index >= 15 is 0 Å². The Bertz CT molecular complexity index is 936. The van der Waals surface area contributed by atoms with Crippen molar-refractivity contribution in [2.45, 2.75) is 27.7 Å². The molecule has 3 rings (SSSR count). The third-order valence-corrected chi connectivity index (χ3v) is 3.91. The van der Waals surface area contributed by atoms with Crippen molar-refractivity contribution < 1.29 is 23.5 Å². The molecular formula is C21H19FO4. The van der Waals surface area contributed by atoms with Gasteiger partial charge in [0.05, 0.1) is 11.0 Å². The molecule has 1 aliphatic heterocycles. The van der Waals surface area contributed by atoms with Crippen LogP contribution in [0.5, 0.6) is 11.5 Å². The highest BCUT2D eigenvalue weighted by molar-refractivity contribution is 6.15. The van der Waals surface area contributed by atoms with Crippen molar-refractivity contribution >= 4 is 17.8 Å². The highest BCUT2D eigenvalue weighted by atomic mass is 19.1. The first-order valence-electron chi connectivity index (χ1n) is 8.22. The summed E-state index contributed by atoms with van der Waals surface area (Å²) in [5, 5.41) is 0. The molecule has 1 heterocycles. The van der Waals surface area contributed by atoms with Crippen LogP contribution in [0.25, 0.3) is 6.08 Å². The molecule has 5 heteroatoms. The van der Waals surface area contributed by atoms with Crippen molar-refractivity contribution in [1.29, 1.82) is 0 Å². The number of hydrogen-bond donors (Lipinski definition) is 0. The number of hydrogen-bond acceptors (Lipinski definition) is 4. The topological polar surface area (TPSA) is 52.6 Å². The number of ketones is 1. The lowest BCUT2D eigenvalue weighted by Gasteiger charge is -2.16. The molecule has 0 aromatic heterocycles. The fourth-order valence-electron chi connectivity index (χ4n) is 2.54. The number of ether oxygens (including phenoxy) is 2. The maximum absolute atomic E-state index is 13.3. The maximum Gasteiger partial charge on any atom is 0.316 e. The molecule has 0 fully saturated rings. The van der Waals surface area contributed by atoms with Gasteiger partial charge in [-0.15, -0.1) is 0 Å². The number of Topliss-reactive ketones (excluding diaryl/α,β-unsaturated/α-hetero) is 1. The van der Waals surface area contributed by atoms with E-state index < -0.39 is 11.2 Å². The Hall–Kier alpha value is -2.95. The van der Waals surface area contributed by atoms with Gasteiger partial charge < -0.3 is 9.47 Å². The standard InChI is InChI=1S/C21H19FO4/c1-12-8-15(25-20(24)21(2,3)4)11-16-18(12)19(23)17(26-16)10-13-6-5-7-14(22)9-13/h5-11H,1-4H3/b17-10-. The highest BCUT2D eigenvalue weighted by Crippen LogP contribution is 2.38. The van der Waals surface area contributed by atoms with Gasteiger partial charge in [0.2, 0.25) is 5.78 Å². The van der Waals surface area contributed by atoms with E-state index in [1.807, 2.05) is 0 Å². The van der Waals surface area contributed by atoms with E-state index in [2.05, 4.69) is 0 Å². The summed E-state index contributed by atoms with van der Waals surface area (Å²) >= 11 is 0. The number of esters is 1. The minimum atomic E-state index is -0.647. The zero-order valence-electron chi connectivity index (χ0n) is 15.1. The highest BCUT2D eigenvalue weighted by Gasteiger charge is 2.31. The molecule has 1 aliphatic rings. The molecule has 0 N–H and O–H groups in total. The normalized spacial score (nSPS) is 15.0. The average molecular weight is 354 g/mol. The van der Waals surface area contributed by atoms with Crippen LogP contribution in [0.4, 0.5) is 4.39 Å². The van der Waals surface area contributed by atoms with Gasteiger partial charge in [-0.05, 0) is 63.1 Å². The van der Waals surface area contributed by atoms with E-state index in [1.165, 1.54) is 24.3 Å². The first-order chi connectivity index (χ1) is 12.1. The monoisotopic (exact) mass is 354 g/mol. The van der Waals surface area contributed by atoms with Crippen LogP contribution in [0.3, 0.4) is 0 Å². The lowest BCUT2D eigenvalue weighted by molar-refractivity contribution is -0.143. The van der Waals surface area contributed by atoms with Gasteiger partial charge in [0.1, 0.15) is 17.3 Å². The van der Waals surface area contributed by atoms with E-state index in [0.29, 0.717) is 28.2 Å². The van der Waals surface area contributed by atoms with E-state index in [9.17, 15) is 14.0 Å². The number of aryl methyl sites for hydroxylation is 1. The predicted molar refractivity (Wildman–Crippen MR) is 95.6 cm³/mol. The van der Waals surface area contributed by atoms with Crippen molar-refractivity contribution in [2.75, 3.05) is 0 Å². The molecule has 0 saturated carbocycles. The lowest BCUT2D eigenvalue weighted by Crippen LogP contribution is -2.25. The minimum Gasteiger partial charge on any atom is -0.452 e. The van der Waals surface area contributed by atoms with Crippen LogP contribution in [0.15, 0.2) is 42.2 Å². The SMILES string of the molecule is Cc1cc(OC(=O)C(C)(C)C)cc2c1C(=O)/C(=C/c1cccc(F)c1)O2. The average Bonchev–Trinajstić information content (AvgIpc) is 2.82. The van der Waals surface area contributed by atoms with Gasteiger partial charge in [0.25, 0.3) is 0 Å². The quantitative estimate of drug-likeness (QED) is 0.446. The summed E-state index contributed by atoms with van der Waals surface area (Å²) in [6.07, 6.45) is 1.49. The van der Waals surface area contributed by atoms with Gasteiger partial charge in [-0.3, -0.25) is 9.59 Å². The fourth-order valence-corrected chi connectivity index (χ4v) is 2.54. The number of halogens is 1. The summed E-state index contributed by atoms with van der Waals surface area (Å²) in [6, 6.07) is 9.04. The molecule has 4 nitrogen and oxygen atoms in total.